The summed E-state index contributed by atoms with van der Waals surface area (Å²) in [5.41, 5.74) is 2.16. The molecule has 0 amide bonds. The zero-order chi connectivity index (χ0) is 20.6. The van der Waals surface area contributed by atoms with Gasteiger partial charge in [0.25, 0.3) is 0 Å². The van der Waals surface area contributed by atoms with E-state index in [1.807, 2.05) is 54.6 Å². The predicted octanol–water partition coefficient (Wildman–Crippen LogP) is 5.13. The Morgan fingerprint density at radius 1 is 1.14 bits per heavy atom. The highest BCUT2D eigenvalue weighted by Crippen LogP contribution is 2.30. The lowest BCUT2D eigenvalue weighted by molar-refractivity contribution is -0.139. The maximum absolute atomic E-state index is 11.3. The van der Waals surface area contributed by atoms with E-state index in [4.69, 9.17) is 13.9 Å². The summed E-state index contributed by atoms with van der Waals surface area (Å²) in [5, 5.41) is 11.1. The fourth-order valence-corrected chi connectivity index (χ4v) is 2.89. The number of hydrogen-bond acceptors (Lipinski definition) is 5. The third-order valence-electron chi connectivity index (χ3n) is 4.51. The average molecular weight is 394 g/mol. The molecule has 5 nitrogen and oxygen atoms in total. The van der Waals surface area contributed by atoms with Crippen molar-refractivity contribution in [2.75, 3.05) is 13.2 Å². The zero-order valence-electron chi connectivity index (χ0n) is 16.6. The number of aliphatic hydroxyl groups excluding tert-OH is 1. The molecule has 0 saturated carbocycles. The maximum atomic E-state index is 11.3. The van der Waals surface area contributed by atoms with E-state index < -0.39 is 6.10 Å². The van der Waals surface area contributed by atoms with Crippen LogP contribution in [0.1, 0.15) is 26.2 Å². The van der Waals surface area contributed by atoms with Crippen LogP contribution in [0.25, 0.3) is 22.3 Å². The summed E-state index contributed by atoms with van der Waals surface area (Å²) in [7, 11) is 0. The van der Waals surface area contributed by atoms with Crippen LogP contribution in [0.2, 0.25) is 0 Å². The summed E-state index contributed by atoms with van der Waals surface area (Å²) >= 11 is 0. The van der Waals surface area contributed by atoms with Gasteiger partial charge in [0.15, 0.2) is 0 Å². The van der Waals surface area contributed by atoms with E-state index in [9.17, 15) is 9.90 Å². The molecule has 1 heterocycles. The van der Waals surface area contributed by atoms with Gasteiger partial charge < -0.3 is 19.0 Å². The van der Waals surface area contributed by atoms with Crippen LogP contribution in [0, 0.1) is 0 Å². The van der Waals surface area contributed by atoms with Gasteiger partial charge in [0.05, 0.1) is 12.7 Å². The molecule has 0 bridgehead atoms. The summed E-state index contributed by atoms with van der Waals surface area (Å²) in [6.45, 7) is 5.68. The molecule has 2 aromatic carbocycles. The summed E-state index contributed by atoms with van der Waals surface area (Å²) < 4.78 is 16.7. The highest BCUT2D eigenvalue weighted by atomic mass is 16.5. The number of furan rings is 1. The fraction of sp³-hybridized carbons (Fsp3) is 0.292. The molecule has 1 unspecified atom stereocenters. The Kier molecular flexibility index (Phi) is 7.09. The van der Waals surface area contributed by atoms with E-state index in [1.165, 1.54) is 0 Å². The minimum absolute atomic E-state index is 0.198. The molecule has 0 aliphatic rings. The van der Waals surface area contributed by atoms with E-state index in [-0.39, 0.29) is 12.6 Å². The predicted molar refractivity (Wildman–Crippen MR) is 113 cm³/mol. The van der Waals surface area contributed by atoms with Crippen molar-refractivity contribution in [3.63, 3.8) is 0 Å². The van der Waals surface area contributed by atoms with Crippen molar-refractivity contribution in [2.45, 2.75) is 32.3 Å². The Balaban J connectivity index is 1.45. The molecule has 0 radical (unpaired) electrons. The second-order valence-electron chi connectivity index (χ2n) is 7.05. The first-order valence-electron chi connectivity index (χ1n) is 9.75. The van der Waals surface area contributed by atoms with E-state index in [1.54, 1.807) is 6.92 Å². The Bertz CT molecular complexity index is 958. The van der Waals surface area contributed by atoms with Gasteiger partial charge in [-0.1, -0.05) is 36.9 Å². The molecule has 3 rings (SSSR count). The van der Waals surface area contributed by atoms with Gasteiger partial charge in [-0.05, 0) is 44.4 Å². The van der Waals surface area contributed by atoms with Crippen LogP contribution < -0.4 is 4.74 Å². The summed E-state index contributed by atoms with van der Waals surface area (Å²) in [4.78, 5) is 11.3. The molecule has 1 aromatic heterocycles. The number of hydrogen-bond donors (Lipinski definition) is 1. The SMILES string of the molecule is C=C(C)C(=O)OCCCCC(O)COc1ccc2cc(-c3ccccc3)oc2c1. The lowest BCUT2D eigenvalue weighted by Crippen LogP contribution is -2.17. The molecular formula is C24H26O5. The Labute approximate surface area is 170 Å². The quantitative estimate of drug-likeness (QED) is 0.293. The Hall–Kier alpha value is -3.05. The number of fused-ring (bicyclic) bond motifs is 1. The third kappa shape index (κ3) is 5.96. The summed E-state index contributed by atoms with van der Waals surface area (Å²) in [6.07, 6.45) is 1.42. The number of carbonyl (C=O) groups is 1. The number of benzene rings is 2. The van der Waals surface area contributed by atoms with Crippen molar-refractivity contribution in [3.8, 4) is 17.1 Å². The number of aliphatic hydroxyl groups is 1. The first-order valence-corrected chi connectivity index (χ1v) is 9.75. The van der Waals surface area contributed by atoms with E-state index in [0.29, 0.717) is 30.8 Å². The molecular weight excluding hydrogens is 368 g/mol. The van der Waals surface area contributed by atoms with Crippen molar-refractivity contribution < 1.29 is 23.8 Å². The number of carbonyl (C=O) groups excluding carboxylic acids is 1. The maximum Gasteiger partial charge on any atom is 0.333 e. The van der Waals surface area contributed by atoms with Gasteiger partial charge >= 0.3 is 5.97 Å². The summed E-state index contributed by atoms with van der Waals surface area (Å²) in [5.74, 6) is 1.09. The van der Waals surface area contributed by atoms with Crippen molar-refractivity contribution in [1.29, 1.82) is 0 Å². The summed E-state index contributed by atoms with van der Waals surface area (Å²) in [6, 6.07) is 17.6. The molecule has 1 N–H and O–H groups in total. The first kappa shape index (κ1) is 20.7. The minimum Gasteiger partial charge on any atom is -0.491 e. The lowest BCUT2D eigenvalue weighted by atomic mass is 10.1. The van der Waals surface area contributed by atoms with Gasteiger partial charge in [0.2, 0.25) is 0 Å². The van der Waals surface area contributed by atoms with Gasteiger partial charge in [0, 0.05) is 22.6 Å². The normalized spacial score (nSPS) is 11.9. The van der Waals surface area contributed by atoms with Gasteiger partial charge in [-0.2, -0.15) is 0 Å². The Morgan fingerprint density at radius 3 is 2.69 bits per heavy atom. The van der Waals surface area contributed by atoms with Gasteiger partial charge in [-0.3, -0.25) is 0 Å². The van der Waals surface area contributed by atoms with Crippen LogP contribution in [0.15, 0.2) is 71.2 Å². The monoisotopic (exact) mass is 394 g/mol. The second kappa shape index (κ2) is 9.94. The number of esters is 1. The molecule has 0 spiro atoms. The number of rotatable bonds is 10. The van der Waals surface area contributed by atoms with Crippen LogP contribution in [0.5, 0.6) is 5.75 Å². The van der Waals surface area contributed by atoms with E-state index >= 15 is 0 Å². The molecule has 0 fully saturated rings. The van der Waals surface area contributed by atoms with Crippen LogP contribution >= 0.6 is 0 Å². The average Bonchev–Trinajstić information content (AvgIpc) is 3.16. The van der Waals surface area contributed by atoms with E-state index in [0.717, 1.165) is 28.7 Å². The number of ether oxygens (including phenoxy) is 2. The molecule has 5 heteroatoms. The molecule has 0 aliphatic carbocycles. The molecule has 0 saturated heterocycles. The topological polar surface area (TPSA) is 68.9 Å². The van der Waals surface area contributed by atoms with Crippen molar-refractivity contribution in [2.24, 2.45) is 0 Å². The molecule has 29 heavy (non-hydrogen) atoms. The van der Waals surface area contributed by atoms with Crippen molar-refractivity contribution in [3.05, 3.63) is 66.7 Å². The van der Waals surface area contributed by atoms with Crippen LogP contribution in [-0.4, -0.2) is 30.4 Å². The van der Waals surface area contributed by atoms with Crippen molar-refractivity contribution >= 4 is 16.9 Å². The lowest BCUT2D eigenvalue weighted by Gasteiger charge is -2.12. The van der Waals surface area contributed by atoms with Gasteiger partial charge in [-0.15, -0.1) is 0 Å². The molecule has 3 aromatic rings. The van der Waals surface area contributed by atoms with E-state index in [2.05, 4.69) is 6.58 Å². The van der Waals surface area contributed by atoms with Crippen LogP contribution in [0.4, 0.5) is 0 Å². The minimum atomic E-state index is -0.584. The third-order valence-corrected chi connectivity index (χ3v) is 4.51. The largest absolute Gasteiger partial charge is 0.491 e. The van der Waals surface area contributed by atoms with Gasteiger partial charge in [-0.25, -0.2) is 4.79 Å². The number of unbranched alkanes of at least 4 members (excludes halogenated alkanes) is 1. The molecule has 1 atom stereocenters. The first-order chi connectivity index (χ1) is 14.0. The smallest absolute Gasteiger partial charge is 0.333 e. The van der Waals surface area contributed by atoms with Crippen molar-refractivity contribution in [1.82, 2.24) is 0 Å². The molecule has 0 aliphatic heterocycles. The highest BCUT2D eigenvalue weighted by molar-refractivity contribution is 5.87. The van der Waals surface area contributed by atoms with Crippen LogP contribution in [-0.2, 0) is 9.53 Å². The highest BCUT2D eigenvalue weighted by Gasteiger charge is 2.10. The fourth-order valence-electron chi connectivity index (χ4n) is 2.89. The van der Waals surface area contributed by atoms with Gasteiger partial charge in [0.1, 0.15) is 23.7 Å². The van der Waals surface area contributed by atoms with Crippen LogP contribution in [0.3, 0.4) is 0 Å². The second-order valence-corrected chi connectivity index (χ2v) is 7.05. The Morgan fingerprint density at radius 2 is 1.93 bits per heavy atom. The standard InChI is InChI=1S/C24H26O5/c1-17(2)24(26)27-13-7-6-10-20(25)16-28-21-12-11-19-14-22(29-23(19)15-21)18-8-4-3-5-9-18/h3-5,8-9,11-12,14-15,20,25H,1,6-7,10,13,16H2,2H3. The molecule has 152 valence electrons. The zero-order valence-corrected chi connectivity index (χ0v) is 16.6.